The maximum Gasteiger partial charge on any atom is 0.260 e. The Morgan fingerprint density at radius 1 is 1.30 bits per heavy atom. The highest BCUT2D eigenvalue weighted by Crippen LogP contribution is 2.25. The van der Waals surface area contributed by atoms with E-state index in [1.54, 1.807) is 13.2 Å². The van der Waals surface area contributed by atoms with Gasteiger partial charge in [0.05, 0.1) is 7.11 Å². The number of nitrogens with zero attached hydrogens (tertiary/aromatic N) is 1. The van der Waals surface area contributed by atoms with Crippen LogP contribution >= 0.6 is 0 Å². The van der Waals surface area contributed by atoms with Crippen LogP contribution in [0.5, 0.6) is 11.5 Å². The minimum Gasteiger partial charge on any atom is -0.493 e. The molecule has 2 N–H and O–H groups in total. The molecule has 0 radical (unpaired) electrons. The van der Waals surface area contributed by atoms with Gasteiger partial charge in [-0.15, -0.1) is 0 Å². The first kappa shape index (κ1) is 14.7. The van der Waals surface area contributed by atoms with E-state index in [4.69, 9.17) is 15.2 Å². The van der Waals surface area contributed by atoms with Crippen molar-refractivity contribution in [3.8, 4) is 11.5 Å². The molecule has 20 heavy (non-hydrogen) atoms. The van der Waals surface area contributed by atoms with Crippen molar-refractivity contribution in [2.75, 3.05) is 33.4 Å². The van der Waals surface area contributed by atoms with E-state index in [1.165, 1.54) is 0 Å². The van der Waals surface area contributed by atoms with E-state index in [1.807, 2.05) is 23.1 Å². The van der Waals surface area contributed by atoms with Crippen LogP contribution in [0.25, 0.3) is 0 Å². The van der Waals surface area contributed by atoms with Crippen LogP contribution < -0.4 is 15.2 Å². The number of nitrogens with two attached hydrogens (primary N) is 1. The average Bonchev–Trinajstić information content (AvgIpc) is 2.53. The molecule has 5 nitrogen and oxygen atoms in total. The Morgan fingerprint density at radius 2 is 1.95 bits per heavy atom. The molecule has 1 fully saturated rings. The van der Waals surface area contributed by atoms with Crippen molar-refractivity contribution in [2.45, 2.75) is 12.8 Å². The molecule has 1 saturated heterocycles. The molecule has 1 aromatic carbocycles. The van der Waals surface area contributed by atoms with Crippen molar-refractivity contribution in [3.63, 3.8) is 0 Å². The summed E-state index contributed by atoms with van der Waals surface area (Å²) in [6.45, 7) is 2.30. The molecule has 110 valence electrons. The Balaban J connectivity index is 1.83. The standard InChI is InChI=1S/C15H22N2O3/c1-19-13-4-2-3-5-14(13)20-11-15(18)17-8-6-12(10-16)7-9-17/h2-5,12H,6-11,16H2,1H3. The van der Waals surface area contributed by atoms with Gasteiger partial charge < -0.3 is 20.1 Å². The lowest BCUT2D eigenvalue weighted by Crippen LogP contribution is -2.42. The first-order chi connectivity index (χ1) is 9.74. The maximum atomic E-state index is 12.1. The van der Waals surface area contributed by atoms with Crippen molar-refractivity contribution in [3.05, 3.63) is 24.3 Å². The molecule has 0 unspecified atom stereocenters. The van der Waals surface area contributed by atoms with Crippen molar-refractivity contribution < 1.29 is 14.3 Å². The number of hydrogen-bond donors (Lipinski definition) is 1. The molecule has 0 aromatic heterocycles. The van der Waals surface area contributed by atoms with Crippen LogP contribution in [-0.4, -0.2) is 44.2 Å². The number of rotatable bonds is 5. The van der Waals surface area contributed by atoms with Crippen LogP contribution in [0.3, 0.4) is 0 Å². The second-order valence-electron chi connectivity index (χ2n) is 5.00. The monoisotopic (exact) mass is 278 g/mol. The predicted octanol–water partition coefficient (Wildman–Crippen LogP) is 1.27. The third kappa shape index (κ3) is 3.63. The zero-order chi connectivity index (χ0) is 14.4. The lowest BCUT2D eigenvalue weighted by Gasteiger charge is -2.31. The molecule has 0 aliphatic carbocycles. The summed E-state index contributed by atoms with van der Waals surface area (Å²) in [7, 11) is 1.58. The molecule has 1 aliphatic rings. The normalized spacial score (nSPS) is 16.0. The summed E-state index contributed by atoms with van der Waals surface area (Å²) in [5.74, 6) is 1.81. The number of para-hydroxylation sites is 2. The number of methoxy groups -OCH3 is 1. The molecule has 0 bridgehead atoms. The van der Waals surface area contributed by atoms with E-state index in [-0.39, 0.29) is 12.5 Å². The second kappa shape index (κ2) is 7.14. The van der Waals surface area contributed by atoms with Crippen LogP contribution in [0.4, 0.5) is 0 Å². The Labute approximate surface area is 119 Å². The fourth-order valence-corrected chi connectivity index (χ4v) is 2.39. The van der Waals surface area contributed by atoms with E-state index < -0.39 is 0 Å². The Hall–Kier alpha value is -1.75. The van der Waals surface area contributed by atoms with Gasteiger partial charge in [-0.05, 0) is 37.4 Å². The topological polar surface area (TPSA) is 64.8 Å². The Bertz CT molecular complexity index is 442. The summed E-state index contributed by atoms with van der Waals surface area (Å²) < 4.78 is 10.7. The van der Waals surface area contributed by atoms with Gasteiger partial charge in [-0.25, -0.2) is 0 Å². The van der Waals surface area contributed by atoms with Gasteiger partial charge in [-0.2, -0.15) is 0 Å². The van der Waals surface area contributed by atoms with E-state index in [9.17, 15) is 4.79 Å². The lowest BCUT2D eigenvalue weighted by molar-refractivity contribution is -0.134. The smallest absolute Gasteiger partial charge is 0.260 e. The van der Waals surface area contributed by atoms with Crippen molar-refractivity contribution >= 4 is 5.91 Å². The highest BCUT2D eigenvalue weighted by molar-refractivity contribution is 5.78. The second-order valence-corrected chi connectivity index (χ2v) is 5.00. The van der Waals surface area contributed by atoms with Crippen molar-refractivity contribution in [1.29, 1.82) is 0 Å². The van der Waals surface area contributed by atoms with E-state index >= 15 is 0 Å². The van der Waals surface area contributed by atoms with Gasteiger partial charge in [-0.1, -0.05) is 12.1 Å². The Morgan fingerprint density at radius 3 is 2.55 bits per heavy atom. The number of carbonyl (C=O) groups is 1. The molecule has 0 saturated carbocycles. The van der Waals surface area contributed by atoms with Gasteiger partial charge in [0, 0.05) is 13.1 Å². The third-order valence-electron chi connectivity index (χ3n) is 3.72. The molecular formula is C15H22N2O3. The summed E-state index contributed by atoms with van der Waals surface area (Å²) in [6, 6.07) is 7.33. The van der Waals surface area contributed by atoms with Crippen LogP contribution in [0.2, 0.25) is 0 Å². The van der Waals surface area contributed by atoms with Crippen molar-refractivity contribution in [2.24, 2.45) is 11.7 Å². The molecule has 2 rings (SSSR count). The molecule has 1 aliphatic heterocycles. The molecule has 1 aromatic rings. The highest BCUT2D eigenvalue weighted by atomic mass is 16.5. The predicted molar refractivity (Wildman–Crippen MR) is 76.8 cm³/mol. The number of amides is 1. The molecule has 1 amide bonds. The quantitative estimate of drug-likeness (QED) is 0.881. The highest BCUT2D eigenvalue weighted by Gasteiger charge is 2.22. The van der Waals surface area contributed by atoms with Gasteiger partial charge in [0.25, 0.3) is 5.91 Å². The zero-order valence-electron chi connectivity index (χ0n) is 11.9. The maximum absolute atomic E-state index is 12.1. The summed E-state index contributed by atoms with van der Waals surface area (Å²) in [6.07, 6.45) is 1.97. The number of piperidine rings is 1. The number of carbonyl (C=O) groups excluding carboxylic acids is 1. The lowest BCUT2D eigenvalue weighted by atomic mass is 9.97. The van der Waals surface area contributed by atoms with Gasteiger partial charge in [0.15, 0.2) is 18.1 Å². The van der Waals surface area contributed by atoms with Crippen LogP contribution in [-0.2, 0) is 4.79 Å². The SMILES string of the molecule is COc1ccccc1OCC(=O)N1CCC(CN)CC1. The number of ether oxygens (including phenoxy) is 2. The van der Waals surface area contributed by atoms with Crippen molar-refractivity contribution in [1.82, 2.24) is 4.90 Å². The Kier molecular flexibility index (Phi) is 5.24. The molecule has 0 atom stereocenters. The number of benzene rings is 1. The average molecular weight is 278 g/mol. The van der Waals surface area contributed by atoms with Gasteiger partial charge in [-0.3, -0.25) is 4.79 Å². The molecular weight excluding hydrogens is 256 g/mol. The van der Waals surface area contributed by atoms with Crippen LogP contribution in [0.1, 0.15) is 12.8 Å². The van der Waals surface area contributed by atoms with Gasteiger partial charge >= 0.3 is 0 Å². The summed E-state index contributed by atoms with van der Waals surface area (Å²) in [5.41, 5.74) is 5.65. The first-order valence-corrected chi connectivity index (χ1v) is 6.98. The van der Waals surface area contributed by atoms with Crippen LogP contribution in [0, 0.1) is 5.92 Å². The summed E-state index contributed by atoms with van der Waals surface area (Å²) in [4.78, 5) is 13.9. The minimum absolute atomic E-state index is 0.0198. The molecule has 5 heteroatoms. The first-order valence-electron chi connectivity index (χ1n) is 6.98. The van der Waals surface area contributed by atoms with E-state index in [0.29, 0.717) is 24.0 Å². The fourth-order valence-electron chi connectivity index (χ4n) is 2.39. The third-order valence-corrected chi connectivity index (χ3v) is 3.72. The molecule has 0 spiro atoms. The largest absolute Gasteiger partial charge is 0.493 e. The van der Waals surface area contributed by atoms with E-state index in [2.05, 4.69) is 0 Å². The molecule has 1 heterocycles. The fraction of sp³-hybridized carbons (Fsp3) is 0.533. The van der Waals surface area contributed by atoms with Crippen LogP contribution in [0.15, 0.2) is 24.3 Å². The minimum atomic E-state index is 0.0198. The number of likely N-dealkylation sites (tertiary alicyclic amines) is 1. The van der Waals surface area contributed by atoms with E-state index in [0.717, 1.165) is 25.9 Å². The van der Waals surface area contributed by atoms with Gasteiger partial charge in [0.1, 0.15) is 0 Å². The summed E-state index contributed by atoms with van der Waals surface area (Å²) in [5, 5.41) is 0. The summed E-state index contributed by atoms with van der Waals surface area (Å²) >= 11 is 0. The zero-order valence-corrected chi connectivity index (χ0v) is 11.9. The number of hydrogen-bond acceptors (Lipinski definition) is 4. The van der Waals surface area contributed by atoms with Gasteiger partial charge in [0.2, 0.25) is 0 Å².